The van der Waals surface area contributed by atoms with Gasteiger partial charge in [-0.25, -0.2) is 0 Å². The van der Waals surface area contributed by atoms with E-state index in [1.165, 1.54) is 6.26 Å². The topological polar surface area (TPSA) is 64.3 Å². The quantitative estimate of drug-likeness (QED) is 0.465. The summed E-state index contributed by atoms with van der Waals surface area (Å²) in [5, 5.41) is 3.19. The molecule has 0 saturated heterocycles. The standard InChI is InChI=1S/C12H15ClN2O2/c1-2-17-5-3-4-15-12(16)9-6-10(13)8-11(14)7-9/h2,6-8H,1,3-5,14H2,(H,15,16). The molecule has 3 N–H and O–H groups in total. The van der Waals surface area contributed by atoms with Gasteiger partial charge in [0.2, 0.25) is 0 Å². The van der Waals surface area contributed by atoms with Crippen molar-refractivity contribution in [2.24, 2.45) is 0 Å². The van der Waals surface area contributed by atoms with E-state index in [-0.39, 0.29) is 5.91 Å². The van der Waals surface area contributed by atoms with Crippen LogP contribution in [0.3, 0.4) is 0 Å². The number of nitrogen functional groups attached to an aromatic ring is 1. The van der Waals surface area contributed by atoms with E-state index >= 15 is 0 Å². The maximum absolute atomic E-state index is 11.7. The van der Waals surface area contributed by atoms with Crippen LogP contribution < -0.4 is 11.1 Å². The summed E-state index contributed by atoms with van der Waals surface area (Å²) in [6.45, 7) is 4.48. The highest BCUT2D eigenvalue weighted by atomic mass is 35.5. The summed E-state index contributed by atoms with van der Waals surface area (Å²) in [6.07, 6.45) is 2.09. The van der Waals surface area contributed by atoms with Crippen LogP contribution >= 0.6 is 11.6 Å². The minimum Gasteiger partial charge on any atom is -0.502 e. The minimum atomic E-state index is -0.196. The zero-order valence-corrected chi connectivity index (χ0v) is 10.2. The van der Waals surface area contributed by atoms with E-state index < -0.39 is 0 Å². The first kappa shape index (κ1) is 13.4. The fraction of sp³-hybridized carbons (Fsp3) is 0.250. The zero-order chi connectivity index (χ0) is 12.7. The number of anilines is 1. The van der Waals surface area contributed by atoms with Gasteiger partial charge >= 0.3 is 0 Å². The Bertz CT molecular complexity index is 387. The van der Waals surface area contributed by atoms with E-state index in [1.54, 1.807) is 18.2 Å². The molecular weight excluding hydrogens is 240 g/mol. The molecule has 0 aliphatic heterocycles. The fourth-order valence-corrected chi connectivity index (χ4v) is 1.53. The molecule has 0 atom stereocenters. The van der Waals surface area contributed by atoms with Gasteiger partial charge in [0, 0.05) is 22.8 Å². The number of halogens is 1. The summed E-state index contributed by atoms with van der Waals surface area (Å²) in [4.78, 5) is 11.7. The molecule has 1 aromatic rings. The summed E-state index contributed by atoms with van der Waals surface area (Å²) >= 11 is 5.81. The van der Waals surface area contributed by atoms with Crippen molar-refractivity contribution >= 4 is 23.2 Å². The molecule has 0 heterocycles. The zero-order valence-electron chi connectivity index (χ0n) is 9.41. The molecule has 0 unspecified atom stereocenters. The van der Waals surface area contributed by atoms with Crippen molar-refractivity contribution in [3.8, 4) is 0 Å². The molecule has 17 heavy (non-hydrogen) atoms. The van der Waals surface area contributed by atoms with Gasteiger partial charge in [-0.1, -0.05) is 18.2 Å². The monoisotopic (exact) mass is 254 g/mol. The second-order valence-electron chi connectivity index (χ2n) is 3.42. The molecule has 1 aromatic carbocycles. The van der Waals surface area contributed by atoms with E-state index in [9.17, 15) is 4.79 Å². The number of hydrogen-bond donors (Lipinski definition) is 2. The van der Waals surface area contributed by atoms with Gasteiger partial charge in [-0.15, -0.1) is 0 Å². The molecule has 4 nitrogen and oxygen atoms in total. The number of ether oxygens (including phenoxy) is 1. The maximum atomic E-state index is 11.7. The second kappa shape index (κ2) is 6.81. The highest BCUT2D eigenvalue weighted by Gasteiger charge is 2.06. The SMILES string of the molecule is C=COCCCNC(=O)c1cc(N)cc(Cl)c1. The number of nitrogens with one attached hydrogen (secondary N) is 1. The third-order valence-corrected chi connectivity index (χ3v) is 2.24. The smallest absolute Gasteiger partial charge is 0.251 e. The summed E-state index contributed by atoms with van der Waals surface area (Å²) in [7, 11) is 0. The number of hydrogen-bond acceptors (Lipinski definition) is 3. The van der Waals surface area contributed by atoms with Gasteiger partial charge in [0.25, 0.3) is 5.91 Å². The van der Waals surface area contributed by atoms with Gasteiger partial charge < -0.3 is 15.8 Å². The lowest BCUT2D eigenvalue weighted by atomic mass is 10.2. The number of benzene rings is 1. The van der Waals surface area contributed by atoms with E-state index in [4.69, 9.17) is 22.1 Å². The molecule has 0 radical (unpaired) electrons. The summed E-state index contributed by atoms with van der Waals surface area (Å²) in [6, 6.07) is 4.76. The Morgan fingerprint density at radius 1 is 1.53 bits per heavy atom. The third-order valence-electron chi connectivity index (χ3n) is 2.02. The number of nitrogens with two attached hydrogens (primary N) is 1. The normalized spacial score (nSPS) is 9.71. The summed E-state index contributed by atoms with van der Waals surface area (Å²) in [5.41, 5.74) is 6.52. The molecule has 0 fully saturated rings. The van der Waals surface area contributed by atoms with Crippen molar-refractivity contribution in [2.45, 2.75) is 6.42 Å². The Labute approximate surface area is 105 Å². The third kappa shape index (κ3) is 4.78. The highest BCUT2D eigenvalue weighted by Crippen LogP contribution is 2.16. The first-order valence-corrected chi connectivity index (χ1v) is 5.58. The minimum absolute atomic E-state index is 0.196. The first-order valence-electron chi connectivity index (χ1n) is 5.20. The predicted octanol–water partition coefficient (Wildman–Crippen LogP) is 2.20. The molecular formula is C12H15ClN2O2. The molecule has 92 valence electrons. The number of amides is 1. The van der Waals surface area contributed by atoms with Gasteiger partial charge in [-0.3, -0.25) is 4.79 Å². The lowest BCUT2D eigenvalue weighted by Crippen LogP contribution is -2.25. The fourth-order valence-electron chi connectivity index (χ4n) is 1.29. The van der Waals surface area contributed by atoms with Crippen LogP contribution in [0.15, 0.2) is 31.0 Å². The Hall–Kier alpha value is -1.68. The van der Waals surface area contributed by atoms with Crippen LogP contribution in [0, 0.1) is 0 Å². The molecule has 0 aromatic heterocycles. The second-order valence-corrected chi connectivity index (χ2v) is 3.86. The maximum Gasteiger partial charge on any atom is 0.251 e. The van der Waals surface area contributed by atoms with Crippen LogP contribution in [0.25, 0.3) is 0 Å². The van der Waals surface area contributed by atoms with Gasteiger partial charge in [0.1, 0.15) is 0 Å². The molecule has 1 amide bonds. The van der Waals surface area contributed by atoms with Crippen LogP contribution in [-0.2, 0) is 4.74 Å². The van der Waals surface area contributed by atoms with Gasteiger partial charge in [-0.2, -0.15) is 0 Å². The van der Waals surface area contributed by atoms with Crippen molar-refractivity contribution in [3.05, 3.63) is 41.6 Å². The molecule has 0 aliphatic rings. The van der Waals surface area contributed by atoms with Gasteiger partial charge in [-0.05, 0) is 24.6 Å². The molecule has 0 saturated carbocycles. The first-order chi connectivity index (χ1) is 8.13. The summed E-state index contributed by atoms with van der Waals surface area (Å²) in [5.74, 6) is -0.196. The van der Waals surface area contributed by atoms with Crippen LogP contribution in [0.4, 0.5) is 5.69 Å². The number of carbonyl (C=O) groups excluding carboxylic acids is 1. The Kier molecular flexibility index (Phi) is 5.36. The van der Waals surface area contributed by atoms with Crippen molar-refractivity contribution < 1.29 is 9.53 Å². The van der Waals surface area contributed by atoms with Crippen LogP contribution in [0.5, 0.6) is 0 Å². The van der Waals surface area contributed by atoms with Crippen LogP contribution in [0.2, 0.25) is 5.02 Å². The molecule has 0 bridgehead atoms. The molecule has 0 spiro atoms. The lowest BCUT2D eigenvalue weighted by Gasteiger charge is -2.06. The Morgan fingerprint density at radius 2 is 2.29 bits per heavy atom. The Balaban J connectivity index is 2.44. The van der Waals surface area contributed by atoms with E-state index in [0.29, 0.717) is 35.8 Å². The van der Waals surface area contributed by atoms with E-state index in [0.717, 1.165) is 0 Å². The Morgan fingerprint density at radius 3 is 2.94 bits per heavy atom. The predicted molar refractivity (Wildman–Crippen MR) is 69.0 cm³/mol. The van der Waals surface area contributed by atoms with Crippen molar-refractivity contribution in [2.75, 3.05) is 18.9 Å². The van der Waals surface area contributed by atoms with Gasteiger partial charge in [0.05, 0.1) is 12.9 Å². The van der Waals surface area contributed by atoms with Crippen molar-refractivity contribution in [1.82, 2.24) is 5.32 Å². The highest BCUT2D eigenvalue weighted by molar-refractivity contribution is 6.31. The van der Waals surface area contributed by atoms with E-state index in [1.807, 2.05) is 0 Å². The van der Waals surface area contributed by atoms with Gasteiger partial charge in [0.15, 0.2) is 0 Å². The average molecular weight is 255 g/mol. The largest absolute Gasteiger partial charge is 0.502 e. The molecule has 5 heteroatoms. The lowest BCUT2D eigenvalue weighted by molar-refractivity contribution is 0.0950. The number of rotatable bonds is 6. The molecule has 0 aliphatic carbocycles. The van der Waals surface area contributed by atoms with Crippen LogP contribution in [-0.4, -0.2) is 19.1 Å². The summed E-state index contributed by atoms with van der Waals surface area (Å²) < 4.78 is 4.93. The average Bonchev–Trinajstić information content (AvgIpc) is 2.27. The van der Waals surface area contributed by atoms with E-state index in [2.05, 4.69) is 11.9 Å². The number of carbonyl (C=O) groups is 1. The van der Waals surface area contributed by atoms with Crippen LogP contribution in [0.1, 0.15) is 16.8 Å². The molecule has 1 rings (SSSR count). The van der Waals surface area contributed by atoms with Crippen molar-refractivity contribution in [3.63, 3.8) is 0 Å². The van der Waals surface area contributed by atoms with Crippen molar-refractivity contribution in [1.29, 1.82) is 0 Å².